The summed E-state index contributed by atoms with van der Waals surface area (Å²) in [7, 11) is 0. The maximum atomic E-state index is 12.6. The van der Waals surface area contributed by atoms with Gasteiger partial charge in [0.15, 0.2) is 0 Å². The summed E-state index contributed by atoms with van der Waals surface area (Å²) >= 11 is 1.26. The Balaban J connectivity index is 1.36. The van der Waals surface area contributed by atoms with E-state index in [1.165, 1.54) is 22.6 Å². The van der Waals surface area contributed by atoms with Crippen molar-refractivity contribution in [2.75, 3.05) is 43.4 Å². The molecular weight excluding hydrogens is 398 g/mol. The number of anilines is 2. The van der Waals surface area contributed by atoms with E-state index in [4.69, 9.17) is 5.73 Å². The zero-order chi connectivity index (χ0) is 21.1. The third kappa shape index (κ3) is 4.40. The minimum Gasteiger partial charge on any atom is -0.397 e. The van der Waals surface area contributed by atoms with Gasteiger partial charge in [-0.05, 0) is 43.2 Å². The average molecular weight is 426 g/mol. The van der Waals surface area contributed by atoms with Gasteiger partial charge in [0.05, 0.1) is 17.5 Å². The third-order valence-electron chi connectivity index (χ3n) is 5.37. The maximum Gasteiger partial charge on any atom is 0.263 e. The van der Waals surface area contributed by atoms with Crippen molar-refractivity contribution < 1.29 is 9.90 Å². The number of nitrogens with two attached hydrogens (primary N) is 1. The molecule has 0 aliphatic carbocycles. The molecule has 0 spiro atoms. The molecule has 1 fully saturated rings. The molecule has 1 aliphatic rings. The fourth-order valence-corrected chi connectivity index (χ4v) is 4.63. The molecule has 3 aromatic rings. The molecule has 1 saturated heterocycles. The molecule has 0 unspecified atom stereocenters. The van der Waals surface area contributed by atoms with Crippen LogP contribution < -0.4 is 21.3 Å². The number of hydrogen-bond acceptors (Lipinski definition) is 7. The lowest BCUT2D eigenvalue weighted by Crippen LogP contribution is -2.43. The lowest BCUT2D eigenvalue weighted by atomic mass is 10.1. The monoisotopic (exact) mass is 425 g/mol. The Bertz CT molecular complexity index is 1030. The highest BCUT2D eigenvalue weighted by Crippen LogP contribution is 2.33. The van der Waals surface area contributed by atoms with Crippen LogP contribution in [-0.4, -0.2) is 48.7 Å². The predicted molar refractivity (Wildman–Crippen MR) is 122 cm³/mol. The number of piperazine rings is 1. The minimum atomic E-state index is -0.659. The van der Waals surface area contributed by atoms with E-state index in [0.717, 1.165) is 38.0 Å². The predicted octanol–water partition coefficient (Wildman–Crippen LogP) is 2.31. The van der Waals surface area contributed by atoms with Crippen LogP contribution in [0.2, 0.25) is 0 Å². The first-order chi connectivity index (χ1) is 14.5. The largest absolute Gasteiger partial charge is 0.397 e. The number of nitrogens with one attached hydrogen (secondary N) is 2. The average Bonchev–Trinajstić information content (AvgIpc) is 3.11. The first-order valence-electron chi connectivity index (χ1n) is 10.2. The summed E-state index contributed by atoms with van der Waals surface area (Å²) in [4.78, 5) is 20.6. The smallest absolute Gasteiger partial charge is 0.263 e. The molecule has 158 valence electrons. The van der Waals surface area contributed by atoms with Gasteiger partial charge in [0.25, 0.3) is 5.91 Å². The van der Waals surface area contributed by atoms with Gasteiger partial charge in [-0.2, -0.15) is 0 Å². The van der Waals surface area contributed by atoms with Crippen LogP contribution in [0.3, 0.4) is 0 Å². The minimum absolute atomic E-state index is 0.188. The number of hydrogen-bond donors (Lipinski definition) is 4. The molecule has 0 radical (unpaired) electrons. The summed E-state index contributed by atoms with van der Waals surface area (Å²) in [5.41, 5.74) is 9.61. The number of pyridine rings is 1. The normalized spacial score (nSPS) is 15.3. The number of thiophene rings is 1. The van der Waals surface area contributed by atoms with E-state index in [1.807, 2.05) is 6.07 Å². The van der Waals surface area contributed by atoms with Crippen LogP contribution in [0.5, 0.6) is 0 Å². The quantitative estimate of drug-likeness (QED) is 0.483. The SMILES string of the molecule is C[C@H](O)c1ccc2c(N)c(C(=O)NCCc3ccc(N4CCNCC4)cc3)sc2n1. The molecule has 1 amide bonds. The van der Waals surface area contributed by atoms with Gasteiger partial charge < -0.3 is 26.4 Å². The highest BCUT2D eigenvalue weighted by Gasteiger charge is 2.18. The summed E-state index contributed by atoms with van der Waals surface area (Å²) in [6, 6.07) is 12.1. The van der Waals surface area contributed by atoms with E-state index in [-0.39, 0.29) is 5.91 Å². The van der Waals surface area contributed by atoms with Crippen LogP contribution in [0.25, 0.3) is 10.2 Å². The molecule has 1 aliphatic heterocycles. The number of carbonyl (C=O) groups is 1. The molecule has 7 nitrogen and oxygen atoms in total. The Morgan fingerprint density at radius 1 is 1.27 bits per heavy atom. The first-order valence-corrected chi connectivity index (χ1v) is 11.0. The van der Waals surface area contributed by atoms with Gasteiger partial charge in [0.2, 0.25) is 0 Å². The number of rotatable bonds is 6. The summed E-state index contributed by atoms with van der Waals surface area (Å²) < 4.78 is 0. The highest BCUT2D eigenvalue weighted by molar-refractivity contribution is 7.21. The number of benzene rings is 1. The molecule has 3 heterocycles. The lowest BCUT2D eigenvalue weighted by Gasteiger charge is -2.29. The van der Waals surface area contributed by atoms with Crippen LogP contribution in [0.1, 0.15) is 34.0 Å². The van der Waals surface area contributed by atoms with Crippen LogP contribution in [0.4, 0.5) is 11.4 Å². The van der Waals surface area contributed by atoms with Gasteiger partial charge in [-0.15, -0.1) is 11.3 Å². The Labute approximate surface area is 179 Å². The number of aliphatic hydroxyl groups is 1. The molecular formula is C22H27N5O2S. The fraction of sp³-hybridized carbons (Fsp3) is 0.364. The van der Waals surface area contributed by atoms with Crippen molar-refractivity contribution in [2.45, 2.75) is 19.4 Å². The van der Waals surface area contributed by atoms with E-state index in [2.05, 4.69) is 44.8 Å². The molecule has 2 aromatic heterocycles. The molecule has 1 aromatic carbocycles. The van der Waals surface area contributed by atoms with Gasteiger partial charge in [-0.3, -0.25) is 4.79 Å². The molecule has 1 atom stereocenters. The van der Waals surface area contributed by atoms with Crippen molar-refractivity contribution >= 4 is 38.8 Å². The van der Waals surface area contributed by atoms with E-state index >= 15 is 0 Å². The number of amides is 1. The summed E-state index contributed by atoms with van der Waals surface area (Å²) in [5, 5.41) is 16.8. The molecule has 4 rings (SSSR count). The van der Waals surface area contributed by atoms with Gasteiger partial charge in [-0.25, -0.2) is 4.98 Å². The fourth-order valence-electron chi connectivity index (χ4n) is 3.61. The van der Waals surface area contributed by atoms with E-state index in [9.17, 15) is 9.90 Å². The topological polar surface area (TPSA) is 104 Å². The van der Waals surface area contributed by atoms with Crippen molar-refractivity contribution in [3.8, 4) is 0 Å². The van der Waals surface area contributed by atoms with Gasteiger partial charge in [0, 0.05) is 43.8 Å². The van der Waals surface area contributed by atoms with Crippen molar-refractivity contribution in [3.63, 3.8) is 0 Å². The zero-order valence-corrected chi connectivity index (χ0v) is 17.8. The number of aromatic nitrogens is 1. The second-order valence-electron chi connectivity index (χ2n) is 7.52. The highest BCUT2D eigenvalue weighted by atomic mass is 32.1. The van der Waals surface area contributed by atoms with E-state index < -0.39 is 6.10 Å². The maximum absolute atomic E-state index is 12.6. The number of nitrogens with zero attached hydrogens (tertiary/aromatic N) is 2. The number of fused-ring (bicyclic) bond motifs is 1. The van der Waals surface area contributed by atoms with E-state index in [1.54, 1.807) is 13.0 Å². The molecule has 5 N–H and O–H groups in total. The number of aliphatic hydroxyl groups excluding tert-OH is 1. The van der Waals surface area contributed by atoms with Crippen molar-refractivity contribution in [1.82, 2.24) is 15.6 Å². The molecule has 0 saturated carbocycles. The molecule has 8 heteroatoms. The molecule has 30 heavy (non-hydrogen) atoms. The number of carbonyl (C=O) groups excluding carboxylic acids is 1. The Morgan fingerprint density at radius 3 is 2.70 bits per heavy atom. The number of nitrogen functional groups attached to an aromatic ring is 1. The van der Waals surface area contributed by atoms with Crippen LogP contribution in [0.15, 0.2) is 36.4 Å². The Hall–Kier alpha value is -2.68. The molecule has 0 bridgehead atoms. The van der Waals surface area contributed by atoms with Gasteiger partial charge >= 0.3 is 0 Å². The second-order valence-corrected chi connectivity index (χ2v) is 8.52. The summed E-state index contributed by atoms with van der Waals surface area (Å²) in [6.07, 6.45) is 0.0935. The standard InChI is InChI=1S/C22H27N5O2S/c1-14(28)18-7-6-17-19(23)20(30-22(17)26-18)21(29)25-9-8-15-2-4-16(5-3-15)27-12-10-24-11-13-27/h2-7,14,24,28H,8-13,23H2,1H3,(H,25,29)/t14-/m0/s1. The summed E-state index contributed by atoms with van der Waals surface area (Å²) in [5.74, 6) is -0.188. The zero-order valence-electron chi connectivity index (χ0n) is 17.0. The van der Waals surface area contributed by atoms with Crippen LogP contribution in [-0.2, 0) is 6.42 Å². The van der Waals surface area contributed by atoms with Crippen molar-refractivity contribution in [1.29, 1.82) is 0 Å². The van der Waals surface area contributed by atoms with Crippen molar-refractivity contribution in [3.05, 3.63) is 52.5 Å². The van der Waals surface area contributed by atoms with Crippen LogP contribution >= 0.6 is 11.3 Å². The van der Waals surface area contributed by atoms with Gasteiger partial charge in [0.1, 0.15) is 9.71 Å². The lowest BCUT2D eigenvalue weighted by molar-refractivity contribution is 0.0959. The van der Waals surface area contributed by atoms with E-state index in [0.29, 0.717) is 27.6 Å². The third-order valence-corrected chi connectivity index (χ3v) is 6.48. The van der Waals surface area contributed by atoms with Gasteiger partial charge in [-0.1, -0.05) is 12.1 Å². The Morgan fingerprint density at radius 2 is 2.00 bits per heavy atom. The van der Waals surface area contributed by atoms with Crippen LogP contribution in [0, 0.1) is 0 Å². The Kier molecular flexibility index (Phi) is 6.17. The van der Waals surface area contributed by atoms with Crippen molar-refractivity contribution in [2.24, 2.45) is 0 Å². The first kappa shape index (κ1) is 20.6. The second kappa shape index (κ2) is 8.99. The summed E-state index contributed by atoms with van der Waals surface area (Å²) in [6.45, 7) is 6.29.